The molecule has 0 unspecified atom stereocenters. The summed E-state index contributed by atoms with van der Waals surface area (Å²) in [6.45, 7) is 0. The van der Waals surface area contributed by atoms with Crippen LogP contribution in [0.2, 0.25) is 0 Å². The van der Waals surface area contributed by atoms with Crippen molar-refractivity contribution in [1.29, 1.82) is 0 Å². The van der Waals surface area contributed by atoms with Gasteiger partial charge in [-0.25, -0.2) is 0 Å². The van der Waals surface area contributed by atoms with Crippen molar-refractivity contribution in [2.75, 3.05) is 4.90 Å². The van der Waals surface area contributed by atoms with E-state index in [4.69, 9.17) is 4.42 Å². The first kappa shape index (κ1) is 25.9. The van der Waals surface area contributed by atoms with Crippen LogP contribution in [0, 0.1) is 0 Å². The normalized spacial score (nSPS) is 11.9. The minimum absolute atomic E-state index is 0.890. The van der Waals surface area contributed by atoms with Crippen LogP contribution in [0.25, 0.3) is 73.4 Å². The van der Waals surface area contributed by atoms with Crippen LogP contribution in [0.5, 0.6) is 0 Å². The first-order valence-corrected chi connectivity index (χ1v) is 17.1. The van der Waals surface area contributed by atoms with Crippen LogP contribution in [0.15, 0.2) is 156 Å². The van der Waals surface area contributed by atoms with Crippen LogP contribution in [-0.2, 0) is 0 Å². The highest BCUT2D eigenvalue weighted by Crippen LogP contribution is 2.50. The van der Waals surface area contributed by atoms with Gasteiger partial charge >= 0.3 is 0 Å². The van der Waals surface area contributed by atoms with Crippen molar-refractivity contribution >= 4 is 102 Å². The molecule has 0 bridgehead atoms. The third-order valence-electron chi connectivity index (χ3n) is 9.07. The van der Waals surface area contributed by atoms with Gasteiger partial charge in [-0.2, -0.15) is 0 Å². The fourth-order valence-electron chi connectivity index (χ4n) is 7.03. The van der Waals surface area contributed by atoms with Gasteiger partial charge in [0, 0.05) is 58.2 Å². The molecule has 0 N–H and O–H groups in total. The number of anilines is 3. The molecule has 4 heteroatoms. The second-order valence-corrected chi connectivity index (χ2v) is 13.8. The van der Waals surface area contributed by atoms with E-state index in [2.05, 4.69) is 144 Å². The molecule has 0 saturated carbocycles. The lowest BCUT2D eigenvalue weighted by Crippen LogP contribution is -2.10. The Hall–Kier alpha value is -5.42. The standard InChI is InChI=1S/C42H25NOS2/c1-2-11-26(12-3-1)28-15-8-16-31-32-17-9-19-35(42(32)46-41(28)31)43(27-23-24-30-29-13-4-6-20-36(29)44-37(30)25-27)34-18-10-22-39-40(34)33-14-5-7-21-38(33)45-39/h1-25H. The van der Waals surface area contributed by atoms with E-state index >= 15 is 0 Å². The number of fused-ring (bicyclic) bond motifs is 9. The third-order valence-corrected chi connectivity index (χ3v) is 11.5. The monoisotopic (exact) mass is 623 g/mol. The first-order chi connectivity index (χ1) is 22.8. The predicted octanol–water partition coefficient (Wildman–Crippen LogP) is 13.5. The van der Waals surface area contributed by atoms with Gasteiger partial charge in [-0.3, -0.25) is 0 Å². The largest absolute Gasteiger partial charge is 0.456 e. The molecule has 2 nitrogen and oxygen atoms in total. The minimum atomic E-state index is 0.890. The molecular formula is C42H25NOS2. The molecule has 7 aromatic carbocycles. The number of para-hydroxylation sites is 1. The zero-order chi connectivity index (χ0) is 30.2. The topological polar surface area (TPSA) is 16.4 Å². The van der Waals surface area contributed by atoms with Gasteiger partial charge in [0.15, 0.2) is 0 Å². The number of thiophene rings is 2. The second-order valence-electron chi connectivity index (χ2n) is 11.7. The Bertz CT molecular complexity index is 2770. The van der Waals surface area contributed by atoms with Crippen LogP contribution in [-0.4, -0.2) is 0 Å². The molecule has 216 valence electrons. The molecule has 10 aromatic rings. The van der Waals surface area contributed by atoms with Gasteiger partial charge in [-0.1, -0.05) is 103 Å². The van der Waals surface area contributed by atoms with Crippen molar-refractivity contribution in [3.8, 4) is 11.1 Å². The summed E-state index contributed by atoms with van der Waals surface area (Å²) in [7, 11) is 0. The molecule has 0 amide bonds. The zero-order valence-corrected chi connectivity index (χ0v) is 26.2. The van der Waals surface area contributed by atoms with Crippen molar-refractivity contribution in [3.05, 3.63) is 152 Å². The Morgan fingerprint density at radius 3 is 2.02 bits per heavy atom. The molecule has 0 spiro atoms. The molecule has 3 heterocycles. The maximum absolute atomic E-state index is 6.44. The Balaban J connectivity index is 1.30. The summed E-state index contributed by atoms with van der Waals surface area (Å²) in [5, 5.41) is 7.38. The van der Waals surface area contributed by atoms with E-state index in [1.54, 1.807) is 0 Å². The number of hydrogen-bond donors (Lipinski definition) is 0. The van der Waals surface area contributed by atoms with E-state index in [1.165, 1.54) is 57.2 Å². The maximum atomic E-state index is 6.44. The number of benzene rings is 7. The van der Waals surface area contributed by atoms with E-state index in [0.29, 0.717) is 0 Å². The highest BCUT2D eigenvalue weighted by atomic mass is 32.1. The van der Waals surface area contributed by atoms with E-state index in [0.717, 1.165) is 33.3 Å². The van der Waals surface area contributed by atoms with E-state index in [-0.39, 0.29) is 0 Å². The molecule has 3 aromatic heterocycles. The van der Waals surface area contributed by atoms with Crippen LogP contribution in [0.1, 0.15) is 0 Å². The van der Waals surface area contributed by atoms with Crippen molar-refractivity contribution in [2.24, 2.45) is 0 Å². The number of rotatable bonds is 4. The average molecular weight is 624 g/mol. The lowest BCUT2D eigenvalue weighted by molar-refractivity contribution is 0.669. The lowest BCUT2D eigenvalue weighted by Gasteiger charge is -2.27. The SMILES string of the molecule is c1ccc(-c2cccc3c2sc2c(N(c4ccc5c(c4)oc4ccccc45)c4cccc5sc6ccccc6c45)cccc23)cc1. The molecule has 0 fully saturated rings. The van der Waals surface area contributed by atoms with Crippen molar-refractivity contribution < 1.29 is 4.42 Å². The van der Waals surface area contributed by atoms with Crippen LogP contribution in [0.4, 0.5) is 17.1 Å². The summed E-state index contributed by atoms with van der Waals surface area (Å²) in [6, 6.07) is 54.6. The molecular weight excluding hydrogens is 599 g/mol. The first-order valence-electron chi connectivity index (χ1n) is 15.4. The van der Waals surface area contributed by atoms with Gasteiger partial charge < -0.3 is 9.32 Å². The van der Waals surface area contributed by atoms with Gasteiger partial charge in [0.1, 0.15) is 11.2 Å². The van der Waals surface area contributed by atoms with Crippen LogP contribution in [0.3, 0.4) is 0 Å². The van der Waals surface area contributed by atoms with Gasteiger partial charge in [0.05, 0.1) is 16.1 Å². The second kappa shape index (κ2) is 10.0. The number of hydrogen-bond acceptors (Lipinski definition) is 4. The quantitative estimate of drug-likeness (QED) is 0.194. The molecule has 0 atom stereocenters. The molecule has 0 aliphatic carbocycles. The molecule has 0 saturated heterocycles. The lowest BCUT2D eigenvalue weighted by atomic mass is 10.0. The van der Waals surface area contributed by atoms with Gasteiger partial charge in [0.2, 0.25) is 0 Å². The molecule has 0 radical (unpaired) electrons. The van der Waals surface area contributed by atoms with Crippen molar-refractivity contribution in [3.63, 3.8) is 0 Å². The van der Waals surface area contributed by atoms with E-state index in [1.807, 2.05) is 34.8 Å². The summed E-state index contributed by atoms with van der Waals surface area (Å²) >= 11 is 3.74. The Labute approximate surface area is 273 Å². The number of furan rings is 1. The summed E-state index contributed by atoms with van der Waals surface area (Å²) < 4.78 is 11.6. The summed E-state index contributed by atoms with van der Waals surface area (Å²) in [5.41, 5.74) is 7.71. The van der Waals surface area contributed by atoms with Gasteiger partial charge in [-0.05, 0) is 53.6 Å². The Morgan fingerprint density at radius 1 is 0.435 bits per heavy atom. The third kappa shape index (κ3) is 3.81. The molecule has 10 rings (SSSR count). The Morgan fingerprint density at radius 2 is 1.11 bits per heavy atom. The molecule has 0 aliphatic rings. The summed E-state index contributed by atoms with van der Waals surface area (Å²) in [5.74, 6) is 0. The van der Waals surface area contributed by atoms with Gasteiger partial charge in [-0.15, -0.1) is 22.7 Å². The number of nitrogens with zero attached hydrogens (tertiary/aromatic N) is 1. The Kier molecular flexibility index (Phi) is 5.65. The molecule has 46 heavy (non-hydrogen) atoms. The highest BCUT2D eigenvalue weighted by Gasteiger charge is 2.23. The van der Waals surface area contributed by atoms with Crippen LogP contribution >= 0.6 is 22.7 Å². The average Bonchev–Trinajstić information content (AvgIpc) is 3.80. The zero-order valence-electron chi connectivity index (χ0n) is 24.6. The minimum Gasteiger partial charge on any atom is -0.456 e. The van der Waals surface area contributed by atoms with Gasteiger partial charge in [0.25, 0.3) is 0 Å². The highest BCUT2D eigenvalue weighted by molar-refractivity contribution is 7.27. The fraction of sp³-hybridized carbons (Fsp3) is 0. The van der Waals surface area contributed by atoms with E-state index < -0.39 is 0 Å². The smallest absolute Gasteiger partial charge is 0.137 e. The van der Waals surface area contributed by atoms with Crippen molar-refractivity contribution in [2.45, 2.75) is 0 Å². The fourth-order valence-corrected chi connectivity index (χ4v) is 9.50. The predicted molar refractivity (Wildman–Crippen MR) is 200 cm³/mol. The van der Waals surface area contributed by atoms with E-state index in [9.17, 15) is 0 Å². The maximum Gasteiger partial charge on any atom is 0.137 e. The summed E-state index contributed by atoms with van der Waals surface area (Å²) in [4.78, 5) is 2.45. The summed E-state index contributed by atoms with van der Waals surface area (Å²) in [6.07, 6.45) is 0. The van der Waals surface area contributed by atoms with Crippen LogP contribution < -0.4 is 4.90 Å². The molecule has 0 aliphatic heterocycles. The van der Waals surface area contributed by atoms with Crippen molar-refractivity contribution in [1.82, 2.24) is 0 Å².